The van der Waals surface area contributed by atoms with Gasteiger partial charge in [0.1, 0.15) is 5.65 Å². The Morgan fingerprint density at radius 3 is 2.76 bits per heavy atom. The number of hydrogen-bond acceptors (Lipinski definition) is 5. The highest BCUT2D eigenvalue weighted by Crippen LogP contribution is 2.33. The number of aromatic nitrogens is 4. The molecule has 3 aromatic heterocycles. The molecule has 0 unspecified atom stereocenters. The van der Waals surface area contributed by atoms with Gasteiger partial charge in [-0.15, -0.1) is 10.2 Å². The van der Waals surface area contributed by atoms with E-state index in [4.69, 9.17) is 4.42 Å². The first kappa shape index (κ1) is 16.3. The molecule has 3 aromatic rings. The van der Waals surface area contributed by atoms with Crippen LogP contribution in [0.5, 0.6) is 0 Å². The third-order valence-corrected chi connectivity index (χ3v) is 4.98. The van der Waals surface area contributed by atoms with Gasteiger partial charge in [0, 0.05) is 23.2 Å². The van der Waals surface area contributed by atoms with Gasteiger partial charge in [0.2, 0.25) is 11.8 Å². The van der Waals surface area contributed by atoms with E-state index in [0.717, 1.165) is 44.0 Å². The largest absolute Gasteiger partial charge is 0.423 e. The first-order chi connectivity index (χ1) is 12.0. The highest BCUT2D eigenvalue weighted by molar-refractivity contribution is 5.80. The number of hydrogen-bond donors (Lipinski definition) is 1. The zero-order valence-corrected chi connectivity index (χ0v) is 15.1. The second-order valence-corrected chi connectivity index (χ2v) is 7.94. The molecule has 0 aromatic carbocycles. The summed E-state index contributed by atoms with van der Waals surface area (Å²) in [5, 5.41) is 9.66. The Kier molecular flexibility index (Phi) is 4.07. The van der Waals surface area contributed by atoms with E-state index in [1.165, 1.54) is 10.9 Å². The van der Waals surface area contributed by atoms with Crippen LogP contribution in [-0.4, -0.2) is 38.2 Å². The lowest BCUT2D eigenvalue weighted by Crippen LogP contribution is -2.32. The van der Waals surface area contributed by atoms with E-state index in [2.05, 4.69) is 58.1 Å². The highest BCUT2D eigenvalue weighted by atomic mass is 16.4. The molecule has 0 amide bonds. The number of likely N-dealkylation sites (tertiary alicyclic amines) is 1. The maximum atomic E-state index is 5.83. The van der Waals surface area contributed by atoms with E-state index in [0.29, 0.717) is 11.8 Å². The Morgan fingerprint density at radius 1 is 1.24 bits per heavy atom. The van der Waals surface area contributed by atoms with Crippen LogP contribution in [0, 0.1) is 0 Å². The predicted octanol–water partition coefficient (Wildman–Crippen LogP) is 3.62. The lowest BCUT2D eigenvalue weighted by atomic mass is 9.89. The second kappa shape index (κ2) is 6.26. The van der Waals surface area contributed by atoms with Crippen molar-refractivity contribution in [2.75, 3.05) is 13.1 Å². The fourth-order valence-electron chi connectivity index (χ4n) is 3.53. The Hall–Kier alpha value is -2.21. The Bertz CT molecular complexity index is 852. The maximum Gasteiger partial charge on any atom is 0.230 e. The standard InChI is InChI=1S/C19H25N5O/c1-19(2,3)18-23-22-16(25-18)12-24-9-6-13(7-10-24)15-11-21-17-14(15)5-4-8-20-17/h4-5,8,11,13H,6-7,9-10,12H2,1-3H3,(H,20,21). The van der Waals surface area contributed by atoms with Gasteiger partial charge in [-0.1, -0.05) is 20.8 Å². The summed E-state index contributed by atoms with van der Waals surface area (Å²) in [7, 11) is 0. The molecule has 1 fully saturated rings. The summed E-state index contributed by atoms with van der Waals surface area (Å²) in [5.74, 6) is 2.02. The van der Waals surface area contributed by atoms with Gasteiger partial charge in [-0.3, -0.25) is 4.90 Å². The minimum atomic E-state index is -0.0956. The average molecular weight is 339 g/mol. The van der Waals surface area contributed by atoms with Crippen molar-refractivity contribution < 1.29 is 4.42 Å². The van der Waals surface area contributed by atoms with Crippen molar-refractivity contribution in [1.82, 2.24) is 25.1 Å². The van der Waals surface area contributed by atoms with Crippen molar-refractivity contribution in [3.8, 4) is 0 Å². The molecular weight excluding hydrogens is 314 g/mol. The van der Waals surface area contributed by atoms with Gasteiger partial charge in [0.15, 0.2) is 0 Å². The molecule has 0 radical (unpaired) electrons. The summed E-state index contributed by atoms with van der Waals surface area (Å²) in [5.41, 5.74) is 2.29. The summed E-state index contributed by atoms with van der Waals surface area (Å²) in [4.78, 5) is 10.1. The van der Waals surface area contributed by atoms with Gasteiger partial charge >= 0.3 is 0 Å². The van der Waals surface area contributed by atoms with Crippen molar-refractivity contribution in [1.29, 1.82) is 0 Å². The summed E-state index contributed by atoms with van der Waals surface area (Å²) in [6, 6.07) is 4.17. The van der Waals surface area contributed by atoms with E-state index in [1.54, 1.807) is 0 Å². The van der Waals surface area contributed by atoms with Crippen molar-refractivity contribution in [2.45, 2.75) is 51.5 Å². The van der Waals surface area contributed by atoms with Gasteiger partial charge in [-0.2, -0.15) is 0 Å². The number of pyridine rings is 1. The Balaban J connectivity index is 1.39. The van der Waals surface area contributed by atoms with Crippen LogP contribution in [0.1, 0.15) is 56.9 Å². The average Bonchev–Trinajstić information content (AvgIpc) is 3.22. The van der Waals surface area contributed by atoms with Crippen LogP contribution in [-0.2, 0) is 12.0 Å². The van der Waals surface area contributed by atoms with Crippen LogP contribution in [0.15, 0.2) is 28.9 Å². The molecule has 1 aliphatic rings. The Morgan fingerprint density at radius 2 is 2.04 bits per heavy atom. The number of rotatable bonds is 3. The normalized spacial score (nSPS) is 17.4. The van der Waals surface area contributed by atoms with Crippen molar-refractivity contribution in [3.63, 3.8) is 0 Å². The lowest BCUT2D eigenvalue weighted by molar-refractivity contribution is 0.185. The van der Waals surface area contributed by atoms with Crippen molar-refractivity contribution >= 4 is 11.0 Å². The third kappa shape index (κ3) is 3.31. The van der Waals surface area contributed by atoms with Crippen molar-refractivity contribution in [2.24, 2.45) is 0 Å². The number of nitrogens with one attached hydrogen (secondary N) is 1. The van der Waals surface area contributed by atoms with Gasteiger partial charge < -0.3 is 9.40 Å². The van der Waals surface area contributed by atoms with E-state index in [9.17, 15) is 0 Å². The minimum absolute atomic E-state index is 0.0956. The minimum Gasteiger partial charge on any atom is -0.423 e. The summed E-state index contributed by atoms with van der Waals surface area (Å²) in [6.07, 6.45) is 6.25. The number of H-pyrrole nitrogens is 1. The monoisotopic (exact) mass is 339 g/mol. The van der Waals surface area contributed by atoms with E-state index in [-0.39, 0.29) is 5.41 Å². The van der Waals surface area contributed by atoms with E-state index >= 15 is 0 Å². The first-order valence-corrected chi connectivity index (χ1v) is 8.98. The number of piperidine rings is 1. The van der Waals surface area contributed by atoms with Crippen LogP contribution >= 0.6 is 0 Å². The highest BCUT2D eigenvalue weighted by Gasteiger charge is 2.25. The molecule has 0 atom stereocenters. The molecule has 25 heavy (non-hydrogen) atoms. The predicted molar refractivity (Wildman–Crippen MR) is 96.3 cm³/mol. The fourth-order valence-corrected chi connectivity index (χ4v) is 3.53. The van der Waals surface area contributed by atoms with Gasteiger partial charge in [-0.05, 0) is 49.5 Å². The van der Waals surface area contributed by atoms with E-state index < -0.39 is 0 Å². The summed E-state index contributed by atoms with van der Waals surface area (Å²) in [6.45, 7) is 9.10. The van der Waals surface area contributed by atoms with Crippen LogP contribution in [0.2, 0.25) is 0 Å². The molecule has 4 heterocycles. The SMILES string of the molecule is CC(C)(C)c1nnc(CN2CCC(c3c[nH]c4ncccc34)CC2)o1. The molecule has 6 nitrogen and oxygen atoms in total. The molecule has 6 heteroatoms. The molecule has 132 valence electrons. The second-order valence-electron chi connectivity index (χ2n) is 7.94. The van der Waals surface area contributed by atoms with Crippen molar-refractivity contribution in [3.05, 3.63) is 41.9 Å². The molecule has 1 N–H and O–H groups in total. The lowest BCUT2D eigenvalue weighted by Gasteiger charge is -2.30. The molecule has 4 rings (SSSR count). The quantitative estimate of drug-likeness (QED) is 0.789. The molecule has 0 aliphatic carbocycles. The fraction of sp³-hybridized carbons (Fsp3) is 0.526. The summed E-state index contributed by atoms with van der Waals surface area (Å²) >= 11 is 0. The van der Waals surface area contributed by atoms with Crippen LogP contribution in [0.4, 0.5) is 0 Å². The molecule has 1 saturated heterocycles. The number of nitrogens with zero attached hydrogens (tertiary/aromatic N) is 4. The van der Waals surface area contributed by atoms with Gasteiger partial charge in [0.25, 0.3) is 0 Å². The Labute approximate surface area is 147 Å². The number of aromatic amines is 1. The van der Waals surface area contributed by atoms with Crippen LogP contribution in [0.25, 0.3) is 11.0 Å². The molecule has 1 aliphatic heterocycles. The van der Waals surface area contributed by atoms with Gasteiger partial charge in [0.05, 0.1) is 6.54 Å². The van der Waals surface area contributed by atoms with E-state index in [1.807, 2.05) is 12.3 Å². The number of fused-ring (bicyclic) bond motifs is 1. The smallest absolute Gasteiger partial charge is 0.230 e. The van der Waals surface area contributed by atoms with Crippen LogP contribution < -0.4 is 0 Å². The van der Waals surface area contributed by atoms with Gasteiger partial charge in [-0.25, -0.2) is 4.98 Å². The molecular formula is C19H25N5O. The molecule has 0 saturated carbocycles. The topological polar surface area (TPSA) is 70.8 Å². The maximum absolute atomic E-state index is 5.83. The molecule has 0 bridgehead atoms. The molecule has 0 spiro atoms. The summed E-state index contributed by atoms with van der Waals surface area (Å²) < 4.78 is 5.83. The first-order valence-electron chi connectivity index (χ1n) is 8.98. The zero-order valence-electron chi connectivity index (χ0n) is 15.1. The van der Waals surface area contributed by atoms with Crippen LogP contribution in [0.3, 0.4) is 0 Å². The third-order valence-electron chi connectivity index (χ3n) is 4.98. The zero-order chi connectivity index (χ0) is 17.4.